The Balaban J connectivity index is 2.07. The molecule has 2 N–H and O–H groups in total. The molecule has 3 aromatic rings. The van der Waals surface area contributed by atoms with Gasteiger partial charge in [0.1, 0.15) is 0 Å². The first-order valence-corrected chi connectivity index (χ1v) is 8.22. The quantitative estimate of drug-likeness (QED) is 0.706. The number of nitrogen functional groups attached to an aromatic ring is 1. The van der Waals surface area contributed by atoms with Crippen molar-refractivity contribution in [3.05, 3.63) is 65.0 Å². The molecule has 0 atom stereocenters. The van der Waals surface area contributed by atoms with Gasteiger partial charge in [0.05, 0.1) is 24.8 Å². The number of ether oxygens (including phenoxy) is 2. The van der Waals surface area contributed by atoms with Crippen molar-refractivity contribution < 1.29 is 14.3 Å². The molecule has 2 aromatic carbocycles. The maximum atomic E-state index is 13.0. The Kier molecular flexibility index (Phi) is 4.53. The minimum atomic E-state index is -0.131. The van der Waals surface area contributed by atoms with E-state index in [2.05, 4.69) is 0 Å². The predicted molar refractivity (Wildman–Crippen MR) is 97.1 cm³/mol. The average Bonchev–Trinajstić information content (AvgIpc) is 3.02. The number of nitrogens with two attached hydrogens (primary N) is 1. The molecule has 0 saturated carbocycles. The Bertz CT molecular complexity index is 872. The Morgan fingerprint density at radius 1 is 1.00 bits per heavy atom. The first-order chi connectivity index (χ1) is 11.7. The van der Waals surface area contributed by atoms with E-state index >= 15 is 0 Å². The van der Waals surface area contributed by atoms with Crippen LogP contribution in [0, 0.1) is 0 Å². The van der Waals surface area contributed by atoms with E-state index in [0.29, 0.717) is 27.6 Å². The molecule has 0 aliphatic carbocycles. The fourth-order valence-electron chi connectivity index (χ4n) is 2.56. The smallest absolute Gasteiger partial charge is 0.196 e. The number of hydrogen-bond donors (Lipinski definition) is 1. The lowest BCUT2D eigenvalue weighted by Gasteiger charge is -2.10. The number of thiophene rings is 1. The highest BCUT2D eigenvalue weighted by Gasteiger charge is 2.21. The van der Waals surface area contributed by atoms with Crippen LogP contribution in [0.25, 0.3) is 11.1 Å². The summed E-state index contributed by atoms with van der Waals surface area (Å²) in [6, 6.07) is 14.9. The van der Waals surface area contributed by atoms with Crippen LogP contribution in [0.1, 0.15) is 15.9 Å². The van der Waals surface area contributed by atoms with Gasteiger partial charge in [0, 0.05) is 16.5 Å². The summed E-state index contributed by atoms with van der Waals surface area (Å²) < 4.78 is 10.5. The van der Waals surface area contributed by atoms with E-state index in [0.717, 1.165) is 11.1 Å². The van der Waals surface area contributed by atoms with Crippen molar-refractivity contribution in [3.63, 3.8) is 0 Å². The number of methoxy groups -OCH3 is 2. The molecule has 0 spiro atoms. The zero-order chi connectivity index (χ0) is 17.1. The molecule has 0 radical (unpaired) electrons. The lowest BCUT2D eigenvalue weighted by molar-refractivity contribution is 0.104. The zero-order valence-electron chi connectivity index (χ0n) is 13.4. The highest BCUT2D eigenvalue weighted by Crippen LogP contribution is 2.36. The Morgan fingerprint density at radius 3 is 2.38 bits per heavy atom. The van der Waals surface area contributed by atoms with Crippen molar-refractivity contribution >= 4 is 22.1 Å². The molecule has 24 heavy (non-hydrogen) atoms. The zero-order valence-corrected chi connectivity index (χ0v) is 14.2. The van der Waals surface area contributed by atoms with Gasteiger partial charge in [-0.25, -0.2) is 0 Å². The van der Waals surface area contributed by atoms with Gasteiger partial charge < -0.3 is 15.2 Å². The predicted octanol–water partition coefficient (Wildman–Crippen LogP) is 4.25. The van der Waals surface area contributed by atoms with Crippen LogP contribution in [0.3, 0.4) is 0 Å². The van der Waals surface area contributed by atoms with E-state index in [-0.39, 0.29) is 5.78 Å². The first kappa shape index (κ1) is 16.1. The number of rotatable bonds is 5. The number of ketones is 1. The largest absolute Gasteiger partial charge is 0.493 e. The number of carbonyl (C=O) groups is 1. The van der Waals surface area contributed by atoms with Gasteiger partial charge in [-0.15, -0.1) is 11.3 Å². The lowest BCUT2D eigenvalue weighted by Crippen LogP contribution is -2.05. The first-order valence-electron chi connectivity index (χ1n) is 7.34. The van der Waals surface area contributed by atoms with Crippen LogP contribution in [0.2, 0.25) is 0 Å². The third kappa shape index (κ3) is 2.86. The molecule has 0 amide bonds. The molecule has 0 bridgehead atoms. The second kappa shape index (κ2) is 6.76. The molecular formula is C19H17NO3S. The van der Waals surface area contributed by atoms with Crippen molar-refractivity contribution in [2.24, 2.45) is 0 Å². The minimum Gasteiger partial charge on any atom is -0.493 e. The van der Waals surface area contributed by atoms with Crippen LogP contribution in [-0.4, -0.2) is 20.0 Å². The van der Waals surface area contributed by atoms with Crippen LogP contribution in [0.15, 0.2) is 53.9 Å². The van der Waals surface area contributed by atoms with Crippen LogP contribution in [0.5, 0.6) is 11.5 Å². The van der Waals surface area contributed by atoms with E-state index in [9.17, 15) is 4.79 Å². The fourth-order valence-corrected chi connectivity index (χ4v) is 3.38. The summed E-state index contributed by atoms with van der Waals surface area (Å²) in [6.07, 6.45) is 0. The van der Waals surface area contributed by atoms with Gasteiger partial charge in [-0.2, -0.15) is 0 Å². The SMILES string of the molecule is COc1ccc(C(=O)c2c(-c3ccccc3)csc2N)cc1OC. The van der Waals surface area contributed by atoms with Crippen molar-refractivity contribution in [3.8, 4) is 22.6 Å². The summed E-state index contributed by atoms with van der Waals surface area (Å²) in [4.78, 5) is 13.0. The van der Waals surface area contributed by atoms with E-state index in [1.54, 1.807) is 32.4 Å². The molecule has 1 heterocycles. The molecule has 4 nitrogen and oxygen atoms in total. The monoisotopic (exact) mass is 339 g/mol. The number of hydrogen-bond acceptors (Lipinski definition) is 5. The van der Waals surface area contributed by atoms with E-state index < -0.39 is 0 Å². The fraction of sp³-hybridized carbons (Fsp3) is 0.105. The van der Waals surface area contributed by atoms with Gasteiger partial charge in [0.15, 0.2) is 17.3 Å². The van der Waals surface area contributed by atoms with Gasteiger partial charge >= 0.3 is 0 Å². The van der Waals surface area contributed by atoms with Crippen LogP contribution < -0.4 is 15.2 Å². The molecule has 5 heteroatoms. The second-order valence-electron chi connectivity index (χ2n) is 5.15. The molecule has 1 aromatic heterocycles. The van der Waals surface area contributed by atoms with E-state index in [4.69, 9.17) is 15.2 Å². The number of anilines is 1. The maximum Gasteiger partial charge on any atom is 0.196 e. The molecule has 0 aliphatic heterocycles. The summed E-state index contributed by atoms with van der Waals surface area (Å²) in [6.45, 7) is 0. The maximum absolute atomic E-state index is 13.0. The van der Waals surface area contributed by atoms with Crippen molar-refractivity contribution in [1.29, 1.82) is 0 Å². The number of benzene rings is 2. The van der Waals surface area contributed by atoms with Gasteiger partial charge in [-0.3, -0.25) is 4.79 Å². The van der Waals surface area contributed by atoms with Crippen LogP contribution in [0.4, 0.5) is 5.00 Å². The molecule has 0 saturated heterocycles. The van der Waals surface area contributed by atoms with Crippen LogP contribution >= 0.6 is 11.3 Å². The van der Waals surface area contributed by atoms with Gasteiger partial charge in [0.25, 0.3) is 0 Å². The summed E-state index contributed by atoms with van der Waals surface area (Å²) in [5.41, 5.74) is 8.93. The third-order valence-electron chi connectivity index (χ3n) is 3.78. The molecular weight excluding hydrogens is 322 g/mol. The standard InChI is InChI=1S/C19H17NO3S/c1-22-15-9-8-13(10-16(15)23-2)18(21)17-14(11-24-19(17)20)12-6-4-3-5-7-12/h3-11H,20H2,1-2H3. The van der Waals surface area contributed by atoms with Crippen molar-refractivity contribution in [1.82, 2.24) is 0 Å². The summed E-state index contributed by atoms with van der Waals surface area (Å²) in [5, 5.41) is 2.42. The average molecular weight is 339 g/mol. The van der Waals surface area contributed by atoms with Gasteiger partial charge in [-0.1, -0.05) is 30.3 Å². The molecule has 0 aliphatic rings. The second-order valence-corrected chi connectivity index (χ2v) is 6.06. The van der Waals surface area contributed by atoms with Gasteiger partial charge in [0.2, 0.25) is 0 Å². The Hall–Kier alpha value is -2.79. The van der Waals surface area contributed by atoms with E-state index in [1.165, 1.54) is 11.3 Å². The number of carbonyl (C=O) groups excluding carboxylic acids is 1. The Morgan fingerprint density at radius 2 is 1.71 bits per heavy atom. The molecule has 3 rings (SSSR count). The van der Waals surface area contributed by atoms with Gasteiger partial charge in [-0.05, 0) is 23.8 Å². The minimum absolute atomic E-state index is 0.131. The summed E-state index contributed by atoms with van der Waals surface area (Å²) >= 11 is 1.37. The topological polar surface area (TPSA) is 61.5 Å². The summed E-state index contributed by atoms with van der Waals surface area (Å²) in [5.74, 6) is 0.961. The highest BCUT2D eigenvalue weighted by atomic mass is 32.1. The molecule has 122 valence electrons. The molecule has 0 fully saturated rings. The van der Waals surface area contributed by atoms with E-state index in [1.807, 2.05) is 35.7 Å². The van der Waals surface area contributed by atoms with Crippen LogP contribution in [-0.2, 0) is 0 Å². The van der Waals surface area contributed by atoms with Crippen molar-refractivity contribution in [2.75, 3.05) is 20.0 Å². The molecule has 0 unspecified atom stereocenters. The Labute approximate surface area is 144 Å². The lowest BCUT2D eigenvalue weighted by atomic mass is 9.97. The normalized spacial score (nSPS) is 10.4. The van der Waals surface area contributed by atoms with Crippen molar-refractivity contribution in [2.45, 2.75) is 0 Å². The highest BCUT2D eigenvalue weighted by molar-refractivity contribution is 7.15. The third-order valence-corrected chi connectivity index (χ3v) is 4.59. The summed E-state index contributed by atoms with van der Waals surface area (Å²) in [7, 11) is 3.10.